The van der Waals surface area contributed by atoms with Gasteiger partial charge in [-0.3, -0.25) is 4.68 Å². The molecular weight excluding hydrogens is 233 g/mol. The number of halogens is 3. The van der Waals surface area contributed by atoms with E-state index in [1.54, 1.807) is 11.9 Å². The second kappa shape index (κ2) is 4.12. The van der Waals surface area contributed by atoms with Gasteiger partial charge in [-0.1, -0.05) is 5.69 Å². The fourth-order valence-corrected chi connectivity index (χ4v) is 2.24. The highest BCUT2D eigenvalue weighted by molar-refractivity contribution is 5.65. The average molecular weight is 247 g/mol. The van der Waals surface area contributed by atoms with Crippen LogP contribution in [0, 0.1) is 5.92 Å². The van der Waals surface area contributed by atoms with Crippen LogP contribution in [-0.2, 0) is 7.05 Å². The van der Waals surface area contributed by atoms with E-state index in [4.69, 9.17) is 5.73 Å². The third-order valence-electron chi connectivity index (χ3n) is 3.09. The molecule has 0 aromatic carbocycles. The third kappa shape index (κ3) is 2.32. The molecule has 1 fully saturated rings. The first-order chi connectivity index (χ1) is 7.89. The van der Waals surface area contributed by atoms with Crippen molar-refractivity contribution in [3.8, 4) is 0 Å². The predicted molar refractivity (Wildman–Crippen MR) is 58.2 cm³/mol. The maximum absolute atomic E-state index is 12.7. The fourth-order valence-electron chi connectivity index (χ4n) is 2.24. The van der Waals surface area contributed by atoms with Crippen LogP contribution < -0.4 is 4.90 Å². The number of aromatic nitrogens is 2. The van der Waals surface area contributed by atoms with Gasteiger partial charge in [-0.25, -0.2) is 0 Å². The normalized spacial score (nSPS) is 21.9. The molecule has 96 valence electrons. The summed E-state index contributed by atoms with van der Waals surface area (Å²) in [6, 6.07) is 0. The molecule has 1 aliphatic heterocycles. The predicted octanol–water partition coefficient (Wildman–Crippen LogP) is 2.88. The second-order valence-corrected chi connectivity index (χ2v) is 4.33. The van der Waals surface area contributed by atoms with Crippen molar-refractivity contribution < 1.29 is 13.2 Å². The number of nitrogens with one attached hydrogen (secondary N) is 1. The van der Waals surface area contributed by atoms with Crippen molar-refractivity contribution in [2.45, 2.75) is 19.0 Å². The molecule has 1 aromatic heterocycles. The van der Waals surface area contributed by atoms with Crippen molar-refractivity contribution in [3.05, 3.63) is 11.9 Å². The molecule has 1 atom stereocenters. The fraction of sp³-hybridized carbons (Fsp3) is 0.700. The quantitative estimate of drug-likeness (QED) is 0.766. The first kappa shape index (κ1) is 12.1. The highest BCUT2D eigenvalue weighted by Gasteiger charge is 2.42. The van der Waals surface area contributed by atoms with Gasteiger partial charge in [-0.2, -0.15) is 18.3 Å². The Morgan fingerprint density at radius 2 is 2.18 bits per heavy atom. The van der Waals surface area contributed by atoms with Crippen LogP contribution in [0.4, 0.5) is 24.7 Å². The Bertz CT molecular complexity index is 379. The Balaban J connectivity index is 2.18. The molecule has 0 amide bonds. The van der Waals surface area contributed by atoms with E-state index in [0.29, 0.717) is 18.8 Å². The van der Waals surface area contributed by atoms with Gasteiger partial charge in [0.1, 0.15) is 5.82 Å². The van der Waals surface area contributed by atoms with Gasteiger partial charge in [0.05, 0.1) is 5.92 Å². The minimum absolute atomic E-state index is 0.0745. The number of anilines is 1. The number of aryl methyl sites for hydroxylation is 1. The highest BCUT2D eigenvalue weighted by atomic mass is 19.4. The smallest absolute Gasteiger partial charge is 0.393 e. The van der Waals surface area contributed by atoms with Crippen molar-refractivity contribution in [3.63, 3.8) is 0 Å². The molecule has 17 heavy (non-hydrogen) atoms. The van der Waals surface area contributed by atoms with Crippen molar-refractivity contribution in [1.82, 2.24) is 9.78 Å². The number of rotatable bonds is 1. The molecule has 0 aliphatic carbocycles. The van der Waals surface area contributed by atoms with Crippen LogP contribution in [0.2, 0.25) is 0 Å². The molecule has 2 rings (SSSR count). The largest absolute Gasteiger partial charge is 0.694 e. The molecule has 0 radical (unpaired) electrons. The minimum atomic E-state index is -4.15. The molecule has 0 saturated carbocycles. The summed E-state index contributed by atoms with van der Waals surface area (Å²) in [5, 5.41) is 3.88. The summed E-state index contributed by atoms with van der Waals surface area (Å²) in [5.74, 6) is -0.829. The SMILES string of the molecule is Cn1ncc([NH-])c1N1CCCC(C(F)(F)F)C1. The minimum Gasteiger partial charge on any atom is -0.694 e. The van der Waals surface area contributed by atoms with E-state index in [-0.39, 0.29) is 18.7 Å². The van der Waals surface area contributed by atoms with Gasteiger partial charge in [0.2, 0.25) is 0 Å². The summed E-state index contributed by atoms with van der Waals surface area (Å²) < 4.78 is 39.4. The first-order valence-corrected chi connectivity index (χ1v) is 5.45. The summed E-state index contributed by atoms with van der Waals surface area (Å²) >= 11 is 0. The third-order valence-corrected chi connectivity index (χ3v) is 3.09. The van der Waals surface area contributed by atoms with E-state index in [9.17, 15) is 13.2 Å². The van der Waals surface area contributed by atoms with Gasteiger partial charge in [-0.15, -0.1) is 0 Å². The lowest BCUT2D eigenvalue weighted by atomic mass is 9.97. The summed E-state index contributed by atoms with van der Waals surface area (Å²) in [6.45, 7) is 0.479. The van der Waals surface area contributed by atoms with Crippen LogP contribution in [0.5, 0.6) is 0 Å². The van der Waals surface area contributed by atoms with Gasteiger partial charge in [-0.05, 0) is 12.8 Å². The summed E-state index contributed by atoms with van der Waals surface area (Å²) in [6.07, 6.45) is -2.13. The van der Waals surface area contributed by atoms with Crippen molar-refractivity contribution in [2.75, 3.05) is 18.0 Å². The topological polar surface area (TPSA) is 44.9 Å². The molecular formula is C10H14F3N4-. The zero-order chi connectivity index (χ0) is 12.6. The Kier molecular flexibility index (Phi) is 2.92. The average Bonchev–Trinajstić information content (AvgIpc) is 2.57. The lowest BCUT2D eigenvalue weighted by Crippen LogP contribution is -2.42. The van der Waals surface area contributed by atoms with E-state index in [1.165, 1.54) is 10.9 Å². The highest BCUT2D eigenvalue weighted by Crippen LogP contribution is 2.36. The molecule has 2 heterocycles. The number of piperidine rings is 1. The van der Waals surface area contributed by atoms with E-state index in [0.717, 1.165) is 0 Å². The summed E-state index contributed by atoms with van der Waals surface area (Å²) in [5.41, 5.74) is 7.82. The van der Waals surface area contributed by atoms with E-state index >= 15 is 0 Å². The van der Waals surface area contributed by atoms with Crippen molar-refractivity contribution in [2.24, 2.45) is 13.0 Å². The van der Waals surface area contributed by atoms with Crippen LogP contribution in [0.15, 0.2) is 6.20 Å². The molecule has 1 unspecified atom stereocenters. The molecule has 7 heteroatoms. The molecule has 1 saturated heterocycles. The molecule has 1 aromatic rings. The lowest BCUT2D eigenvalue weighted by Gasteiger charge is -2.36. The van der Waals surface area contributed by atoms with Crippen LogP contribution in [0.1, 0.15) is 12.8 Å². The molecule has 1 aliphatic rings. The maximum atomic E-state index is 12.7. The zero-order valence-corrected chi connectivity index (χ0v) is 9.46. The van der Waals surface area contributed by atoms with Gasteiger partial charge in [0.25, 0.3) is 0 Å². The Labute approximate surface area is 97.2 Å². The summed E-state index contributed by atoms with van der Waals surface area (Å²) in [4.78, 5) is 1.61. The monoisotopic (exact) mass is 247 g/mol. The van der Waals surface area contributed by atoms with E-state index < -0.39 is 12.1 Å². The van der Waals surface area contributed by atoms with Gasteiger partial charge in [0.15, 0.2) is 0 Å². The molecule has 0 spiro atoms. The molecule has 0 bridgehead atoms. The van der Waals surface area contributed by atoms with Crippen LogP contribution in [-0.4, -0.2) is 29.0 Å². The Morgan fingerprint density at radius 1 is 1.47 bits per heavy atom. The van der Waals surface area contributed by atoms with Gasteiger partial charge in [0, 0.05) is 26.3 Å². The number of alkyl halides is 3. The van der Waals surface area contributed by atoms with Crippen LogP contribution >= 0.6 is 0 Å². The van der Waals surface area contributed by atoms with Crippen molar-refractivity contribution in [1.29, 1.82) is 0 Å². The van der Waals surface area contributed by atoms with Crippen LogP contribution in [0.3, 0.4) is 0 Å². The van der Waals surface area contributed by atoms with Crippen molar-refractivity contribution >= 4 is 11.5 Å². The summed E-state index contributed by atoms with van der Waals surface area (Å²) in [7, 11) is 1.64. The first-order valence-electron chi connectivity index (χ1n) is 5.45. The zero-order valence-electron chi connectivity index (χ0n) is 9.46. The Morgan fingerprint density at radius 3 is 2.71 bits per heavy atom. The van der Waals surface area contributed by atoms with E-state index in [1.807, 2.05) is 0 Å². The molecule has 4 nitrogen and oxygen atoms in total. The standard InChI is InChI=1S/C10H14F3N4/c1-16-9(8(14)5-15-16)17-4-2-3-7(6-17)10(11,12)13/h5,7,14H,2-4,6H2,1H3/q-1. The van der Waals surface area contributed by atoms with E-state index in [2.05, 4.69) is 5.10 Å². The number of hydrogen-bond donors (Lipinski definition) is 0. The maximum Gasteiger partial charge on any atom is 0.393 e. The molecule has 1 N–H and O–H groups in total. The lowest BCUT2D eigenvalue weighted by molar-refractivity contribution is -0.176. The number of hydrogen-bond acceptors (Lipinski definition) is 2. The van der Waals surface area contributed by atoms with Gasteiger partial charge < -0.3 is 10.6 Å². The van der Waals surface area contributed by atoms with Gasteiger partial charge >= 0.3 is 6.18 Å². The second-order valence-electron chi connectivity index (χ2n) is 4.33. The van der Waals surface area contributed by atoms with Crippen LogP contribution in [0.25, 0.3) is 5.73 Å². The Hall–Kier alpha value is -1.40. The number of nitrogens with zero attached hydrogens (tertiary/aromatic N) is 3.